The molecule has 0 bridgehead atoms. The van der Waals surface area contributed by atoms with Crippen LogP contribution in [0, 0.1) is 32.4 Å². The number of hydrogen-bond donors (Lipinski definition) is 1. The summed E-state index contributed by atoms with van der Waals surface area (Å²) >= 11 is 1.24. The molecule has 1 aromatic heterocycles. The minimum Gasteiger partial charge on any atom is -0.507 e. The molecule has 0 spiro atoms. The van der Waals surface area contributed by atoms with Gasteiger partial charge in [-0.15, -0.1) is 11.8 Å². The summed E-state index contributed by atoms with van der Waals surface area (Å²) in [4.78, 5) is 13.0. The number of aromatic hydroxyl groups is 1. The molecule has 0 saturated heterocycles. The Balaban J connectivity index is 1.82. The molecule has 3 aromatic rings. The number of halogens is 2. The summed E-state index contributed by atoms with van der Waals surface area (Å²) in [7, 11) is 0. The lowest BCUT2D eigenvalue weighted by Gasteiger charge is -2.12. The molecular weight excluding hydrogens is 382 g/mol. The monoisotopic (exact) mass is 402 g/mol. The van der Waals surface area contributed by atoms with Crippen molar-refractivity contribution in [2.45, 2.75) is 32.1 Å². The fourth-order valence-electron chi connectivity index (χ4n) is 3.34. The Hall–Kier alpha value is -2.60. The van der Waals surface area contributed by atoms with Gasteiger partial charge in [0.25, 0.3) is 0 Å². The SMILES string of the molecule is Cc1cc(C)c(-c2c(O)cc(CCSc3cc(F)cc(F)c3)oc2=O)c(C)c1. The number of aryl methyl sites for hydroxylation is 4. The molecule has 0 fully saturated rings. The highest BCUT2D eigenvalue weighted by molar-refractivity contribution is 7.99. The van der Waals surface area contributed by atoms with E-state index in [0.717, 1.165) is 22.8 Å². The highest BCUT2D eigenvalue weighted by Crippen LogP contribution is 2.33. The van der Waals surface area contributed by atoms with Crippen LogP contribution in [0.5, 0.6) is 5.75 Å². The van der Waals surface area contributed by atoms with Gasteiger partial charge < -0.3 is 9.52 Å². The van der Waals surface area contributed by atoms with Crippen LogP contribution in [-0.4, -0.2) is 10.9 Å². The molecule has 0 amide bonds. The van der Waals surface area contributed by atoms with E-state index in [9.17, 15) is 18.7 Å². The highest BCUT2D eigenvalue weighted by atomic mass is 32.2. The van der Waals surface area contributed by atoms with Gasteiger partial charge in [-0.1, -0.05) is 17.7 Å². The van der Waals surface area contributed by atoms with E-state index in [0.29, 0.717) is 28.4 Å². The average Bonchev–Trinajstić information content (AvgIpc) is 2.55. The second kappa shape index (κ2) is 8.19. The molecule has 0 radical (unpaired) electrons. The third-order valence-corrected chi connectivity index (χ3v) is 5.34. The van der Waals surface area contributed by atoms with Crippen molar-refractivity contribution >= 4 is 11.8 Å². The van der Waals surface area contributed by atoms with E-state index in [-0.39, 0.29) is 11.3 Å². The molecule has 1 heterocycles. The van der Waals surface area contributed by atoms with Crippen LogP contribution in [0.3, 0.4) is 0 Å². The first kappa shape index (κ1) is 20.1. The molecule has 146 valence electrons. The maximum absolute atomic E-state index is 13.2. The van der Waals surface area contributed by atoms with Gasteiger partial charge >= 0.3 is 5.63 Å². The zero-order valence-corrected chi connectivity index (χ0v) is 16.6. The minimum atomic E-state index is -0.639. The summed E-state index contributed by atoms with van der Waals surface area (Å²) in [6, 6.07) is 8.63. The predicted octanol–water partition coefficient (Wildman–Crippen LogP) is 5.55. The van der Waals surface area contributed by atoms with Gasteiger partial charge in [-0.3, -0.25) is 0 Å². The first-order valence-electron chi connectivity index (χ1n) is 8.77. The van der Waals surface area contributed by atoms with Crippen molar-refractivity contribution in [3.63, 3.8) is 0 Å². The standard InChI is InChI=1S/C22H20F2O3S/c1-12-6-13(2)20(14(3)7-12)21-19(25)11-17(27-22(21)26)4-5-28-18-9-15(23)8-16(24)10-18/h6-11,25H,4-5H2,1-3H3. The van der Waals surface area contributed by atoms with E-state index in [1.165, 1.54) is 30.0 Å². The molecule has 1 N–H and O–H groups in total. The summed E-state index contributed by atoms with van der Waals surface area (Å²) in [6.45, 7) is 5.74. The molecule has 0 saturated carbocycles. The van der Waals surface area contributed by atoms with E-state index >= 15 is 0 Å². The van der Waals surface area contributed by atoms with Crippen molar-refractivity contribution in [3.8, 4) is 16.9 Å². The fraction of sp³-hybridized carbons (Fsp3) is 0.227. The van der Waals surface area contributed by atoms with Crippen molar-refractivity contribution in [2.75, 3.05) is 5.75 Å². The van der Waals surface area contributed by atoms with Crippen molar-refractivity contribution in [1.82, 2.24) is 0 Å². The van der Waals surface area contributed by atoms with Gasteiger partial charge in [-0.25, -0.2) is 13.6 Å². The second-order valence-corrected chi connectivity index (χ2v) is 7.91. The Kier molecular flexibility index (Phi) is 5.89. The third-order valence-electron chi connectivity index (χ3n) is 4.36. The Morgan fingerprint density at radius 3 is 2.11 bits per heavy atom. The molecule has 2 aromatic carbocycles. The normalized spacial score (nSPS) is 11.0. The largest absolute Gasteiger partial charge is 0.507 e. The van der Waals surface area contributed by atoms with Crippen LogP contribution >= 0.6 is 11.8 Å². The molecule has 0 aliphatic rings. The van der Waals surface area contributed by atoms with Crippen LogP contribution in [0.25, 0.3) is 11.1 Å². The average molecular weight is 402 g/mol. The second-order valence-electron chi connectivity index (χ2n) is 6.74. The maximum Gasteiger partial charge on any atom is 0.347 e. The Labute approximate surface area is 166 Å². The Bertz CT molecular complexity index is 1050. The van der Waals surface area contributed by atoms with Crippen LogP contribution < -0.4 is 5.63 Å². The maximum atomic E-state index is 13.2. The molecule has 3 nitrogen and oxygen atoms in total. The Morgan fingerprint density at radius 1 is 0.929 bits per heavy atom. The van der Waals surface area contributed by atoms with E-state index in [4.69, 9.17) is 4.42 Å². The number of hydrogen-bond acceptors (Lipinski definition) is 4. The highest BCUT2D eigenvalue weighted by Gasteiger charge is 2.18. The van der Waals surface area contributed by atoms with Gasteiger partial charge in [0.15, 0.2) is 0 Å². The van der Waals surface area contributed by atoms with E-state index in [1.807, 2.05) is 32.9 Å². The quantitative estimate of drug-likeness (QED) is 0.569. The zero-order chi connectivity index (χ0) is 20.4. The summed E-state index contributed by atoms with van der Waals surface area (Å²) < 4.78 is 31.9. The molecule has 3 rings (SSSR count). The van der Waals surface area contributed by atoms with Gasteiger partial charge in [0, 0.05) is 29.2 Å². The number of thioether (sulfide) groups is 1. The molecule has 0 atom stereocenters. The molecule has 6 heteroatoms. The van der Waals surface area contributed by atoms with Gasteiger partial charge in [-0.2, -0.15) is 0 Å². The van der Waals surface area contributed by atoms with Crippen LogP contribution in [-0.2, 0) is 6.42 Å². The number of rotatable bonds is 5. The van der Waals surface area contributed by atoms with Crippen LogP contribution in [0.2, 0.25) is 0 Å². The molecule has 0 aliphatic heterocycles. The van der Waals surface area contributed by atoms with Crippen LogP contribution in [0.15, 0.2) is 50.5 Å². The Morgan fingerprint density at radius 2 is 1.54 bits per heavy atom. The first-order chi connectivity index (χ1) is 13.2. The summed E-state index contributed by atoms with van der Waals surface area (Å²) in [5, 5.41) is 10.5. The van der Waals surface area contributed by atoms with Crippen LogP contribution in [0.1, 0.15) is 22.5 Å². The molecule has 0 unspecified atom stereocenters. The predicted molar refractivity (Wildman–Crippen MR) is 107 cm³/mol. The zero-order valence-electron chi connectivity index (χ0n) is 15.8. The molecular formula is C22H20F2O3S. The van der Waals surface area contributed by atoms with Crippen molar-refractivity contribution in [1.29, 1.82) is 0 Å². The lowest BCUT2D eigenvalue weighted by molar-refractivity contribution is 0.430. The van der Waals surface area contributed by atoms with Crippen LogP contribution in [0.4, 0.5) is 8.78 Å². The van der Waals surface area contributed by atoms with Gasteiger partial charge in [0.2, 0.25) is 0 Å². The first-order valence-corrected chi connectivity index (χ1v) is 9.76. The summed E-state index contributed by atoms with van der Waals surface area (Å²) in [6.07, 6.45) is 0.331. The van der Waals surface area contributed by atoms with Crippen molar-refractivity contribution < 1.29 is 18.3 Å². The van der Waals surface area contributed by atoms with Crippen molar-refractivity contribution in [2.24, 2.45) is 0 Å². The lowest BCUT2D eigenvalue weighted by atomic mass is 9.94. The third kappa shape index (κ3) is 4.44. The summed E-state index contributed by atoms with van der Waals surface area (Å²) in [5.74, 6) is -0.659. The topological polar surface area (TPSA) is 50.4 Å². The molecule has 28 heavy (non-hydrogen) atoms. The van der Waals surface area contributed by atoms with E-state index in [2.05, 4.69) is 0 Å². The van der Waals surface area contributed by atoms with Gasteiger partial charge in [0.1, 0.15) is 28.7 Å². The van der Waals surface area contributed by atoms with Crippen molar-refractivity contribution in [3.05, 3.63) is 80.9 Å². The minimum absolute atomic E-state index is 0.136. The number of benzene rings is 2. The summed E-state index contributed by atoms with van der Waals surface area (Å²) in [5.41, 5.74) is 3.07. The smallest absolute Gasteiger partial charge is 0.347 e. The van der Waals surface area contributed by atoms with Gasteiger partial charge in [-0.05, 0) is 49.6 Å². The van der Waals surface area contributed by atoms with E-state index in [1.54, 1.807) is 0 Å². The molecule has 0 aliphatic carbocycles. The fourth-order valence-corrected chi connectivity index (χ4v) is 4.27. The van der Waals surface area contributed by atoms with Gasteiger partial charge in [0.05, 0.1) is 0 Å². The lowest BCUT2D eigenvalue weighted by Crippen LogP contribution is -2.08. The van der Waals surface area contributed by atoms with E-state index < -0.39 is 17.3 Å².